The van der Waals surface area contributed by atoms with Gasteiger partial charge in [-0.25, -0.2) is 4.57 Å². The Morgan fingerprint density at radius 1 is 1.12 bits per heavy atom. The van der Waals surface area contributed by atoms with Crippen molar-refractivity contribution in [3.05, 3.63) is 46.9 Å². The summed E-state index contributed by atoms with van der Waals surface area (Å²) in [6.45, 7) is 0. The van der Waals surface area contributed by atoms with Crippen molar-refractivity contribution in [3.63, 3.8) is 0 Å². The van der Waals surface area contributed by atoms with Crippen molar-refractivity contribution in [2.24, 2.45) is 7.05 Å². The standard InChI is InChI=1S/C10H9NO.H3O4P/c1-11-7-9-5-3-2-4-8(9)6-10(11)12;1-5(2,3)4/h2-7H,1H3;(H3,1,2,3,4). The van der Waals surface area contributed by atoms with Crippen molar-refractivity contribution in [3.8, 4) is 0 Å². The number of hydrogen-bond donors (Lipinski definition) is 3. The minimum absolute atomic E-state index is 0.0358. The number of benzene rings is 1. The predicted octanol–water partition coefficient (Wildman–Crippen LogP) is 0.610. The molecule has 1 heterocycles. The zero-order chi connectivity index (χ0) is 13.1. The van der Waals surface area contributed by atoms with Gasteiger partial charge in [-0.3, -0.25) is 4.79 Å². The molecule has 0 fully saturated rings. The molecule has 2 aromatic rings. The van der Waals surface area contributed by atoms with Gasteiger partial charge in [-0.1, -0.05) is 24.3 Å². The maximum Gasteiger partial charge on any atom is 0.466 e. The fourth-order valence-corrected chi connectivity index (χ4v) is 1.27. The van der Waals surface area contributed by atoms with Crippen LogP contribution in [0.5, 0.6) is 0 Å². The molecule has 1 aromatic carbocycles. The number of aryl methyl sites for hydroxylation is 1. The molecule has 2 rings (SSSR count). The van der Waals surface area contributed by atoms with Gasteiger partial charge < -0.3 is 19.2 Å². The minimum atomic E-state index is -4.64. The number of phosphoric acid groups is 1. The van der Waals surface area contributed by atoms with Gasteiger partial charge in [-0.2, -0.15) is 0 Å². The van der Waals surface area contributed by atoms with Crippen molar-refractivity contribution >= 4 is 18.6 Å². The van der Waals surface area contributed by atoms with Crippen molar-refractivity contribution in [2.45, 2.75) is 0 Å². The van der Waals surface area contributed by atoms with Crippen LogP contribution in [-0.2, 0) is 11.6 Å². The molecule has 0 bridgehead atoms. The van der Waals surface area contributed by atoms with Gasteiger partial charge in [0.25, 0.3) is 5.56 Å². The number of fused-ring (bicyclic) bond motifs is 1. The molecule has 6 nitrogen and oxygen atoms in total. The van der Waals surface area contributed by atoms with Gasteiger partial charge in [0.15, 0.2) is 0 Å². The van der Waals surface area contributed by atoms with Crippen LogP contribution in [0, 0.1) is 0 Å². The fourth-order valence-electron chi connectivity index (χ4n) is 1.27. The van der Waals surface area contributed by atoms with Crippen LogP contribution in [-0.4, -0.2) is 19.2 Å². The quantitative estimate of drug-likeness (QED) is 0.600. The molecule has 3 N–H and O–H groups in total. The van der Waals surface area contributed by atoms with E-state index < -0.39 is 7.82 Å². The lowest BCUT2D eigenvalue weighted by atomic mass is 10.2. The Morgan fingerprint density at radius 3 is 2.12 bits per heavy atom. The van der Waals surface area contributed by atoms with Crippen LogP contribution in [0.4, 0.5) is 0 Å². The molecule has 0 aliphatic carbocycles. The maximum absolute atomic E-state index is 11.2. The lowest BCUT2D eigenvalue weighted by Crippen LogP contribution is -2.13. The van der Waals surface area contributed by atoms with Crippen LogP contribution < -0.4 is 5.56 Å². The van der Waals surface area contributed by atoms with Crippen molar-refractivity contribution in [1.29, 1.82) is 0 Å². The first-order chi connectivity index (χ1) is 7.77. The van der Waals surface area contributed by atoms with E-state index in [-0.39, 0.29) is 5.56 Å². The summed E-state index contributed by atoms with van der Waals surface area (Å²) >= 11 is 0. The molecule has 0 atom stereocenters. The van der Waals surface area contributed by atoms with E-state index in [1.54, 1.807) is 17.7 Å². The molecule has 0 spiro atoms. The fraction of sp³-hybridized carbons (Fsp3) is 0.100. The third-order valence-corrected chi connectivity index (χ3v) is 1.96. The van der Waals surface area contributed by atoms with Crippen molar-refractivity contribution in [2.75, 3.05) is 0 Å². The van der Waals surface area contributed by atoms with Gasteiger partial charge in [0.2, 0.25) is 0 Å². The zero-order valence-corrected chi connectivity index (χ0v) is 9.91. The molecule has 0 amide bonds. The third kappa shape index (κ3) is 4.93. The first-order valence-electron chi connectivity index (χ1n) is 4.61. The predicted molar refractivity (Wildman–Crippen MR) is 63.5 cm³/mol. The Bertz CT molecular complexity index is 607. The van der Waals surface area contributed by atoms with E-state index in [0.29, 0.717) is 0 Å². The summed E-state index contributed by atoms with van der Waals surface area (Å²) in [5.41, 5.74) is 0.0358. The van der Waals surface area contributed by atoms with Gasteiger partial charge in [-0.15, -0.1) is 0 Å². The molecule has 7 heteroatoms. The SMILES string of the molecule is Cn1cc2ccccc2cc1=O.O=P(O)(O)O. The van der Waals surface area contributed by atoms with Gasteiger partial charge in [0.05, 0.1) is 0 Å². The second kappa shape index (κ2) is 5.25. The molecule has 0 radical (unpaired) electrons. The highest BCUT2D eigenvalue weighted by Crippen LogP contribution is 2.25. The minimum Gasteiger partial charge on any atom is -0.318 e. The van der Waals surface area contributed by atoms with Gasteiger partial charge >= 0.3 is 7.82 Å². The Hall–Kier alpha value is -1.46. The molecule has 17 heavy (non-hydrogen) atoms. The zero-order valence-electron chi connectivity index (χ0n) is 9.02. The van der Waals surface area contributed by atoms with Crippen LogP contribution in [0.3, 0.4) is 0 Å². The third-order valence-electron chi connectivity index (χ3n) is 1.96. The Balaban J connectivity index is 0.000000249. The Kier molecular flexibility index (Phi) is 4.20. The van der Waals surface area contributed by atoms with Crippen LogP contribution in [0.15, 0.2) is 41.3 Å². The Labute approximate surface area is 97.0 Å². The highest BCUT2D eigenvalue weighted by molar-refractivity contribution is 7.45. The molecule has 92 valence electrons. The number of rotatable bonds is 0. The number of aromatic nitrogens is 1. The Morgan fingerprint density at radius 2 is 1.59 bits per heavy atom. The van der Waals surface area contributed by atoms with Crippen LogP contribution in [0.2, 0.25) is 0 Å². The lowest BCUT2D eigenvalue weighted by Gasteiger charge is -1.99. The summed E-state index contributed by atoms with van der Waals surface area (Å²) < 4.78 is 10.5. The maximum atomic E-state index is 11.2. The summed E-state index contributed by atoms with van der Waals surface area (Å²) in [6, 6.07) is 9.48. The topological polar surface area (TPSA) is 99.8 Å². The number of nitrogens with zero attached hydrogens (tertiary/aromatic N) is 1. The summed E-state index contributed by atoms with van der Waals surface area (Å²) in [5.74, 6) is 0. The van der Waals surface area contributed by atoms with Crippen LogP contribution in [0.25, 0.3) is 10.8 Å². The largest absolute Gasteiger partial charge is 0.466 e. The molecule has 1 aromatic heterocycles. The van der Waals surface area contributed by atoms with E-state index in [1.807, 2.05) is 30.5 Å². The molecule has 0 saturated heterocycles. The second-order valence-corrected chi connectivity index (χ2v) is 4.39. The van der Waals surface area contributed by atoms with E-state index in [4.69, 9.17) is 19.2 Å². The van der Waals surface area contributed by atoms with E-state index in [2.05, 4.69) is 0 Å². The summed E-state index contributed by atoms with van der Waals surface area (Å²) in [4.78, 5) is 32.8. The van der Waals surface area contributed by atoms with E-state index in [9.17, 15) is 4.79 Å². The normalized spacial score (nSPS) is 10.8. The average Bonchev–Trinajstić information content (AvgIpc) is 2.17. The highest BCUT2D eigenvalue weighted by Gasteiger charge is 2.00. The van der Waals surface area contributed by atoms with Crippen LogP contribution in [0.1, 0.15) is 0 Å². The van der Waals surface area contributed by atoms with Gasteiger partial charge in [-0.05, 0) is 10.8 Å². The first kappa shape index (κ1) is 13.6. The smallest absolute Gasteiger partial charge is 0.318 e. The summed E-state index contributed by atoms with van der Waals surface area (Å²) in [6.07, 6.45) is 1.84. The number of pyridine rings is 1. The monoisotopic (exact) mass is 257 g/mol. The van der Waals surface area contributed by atoms with E-state index >= 15 is 0 Å². The number of hydrogen-bond acceptors (Lipinski definition) is 2. The highest BCUT2D eigenvalue weighted by atomic mass is 31.2. The summed E-state index contributed by atoms with van der Waals surface area (Å²) in [5, 5.41) is 2.10. The molecule has 0 aliphatic rings. The van der Waals surface area contributed by atoms with E-state index in [0.717, 1.165) is 10.8 Å². The lowest BCUT2D eigenvalue weighted by molar-refractivity contribution is 0.275. The summed E-state index contributed by atoms with van der Waals surface area (Å²) in [7, 11) is -2.88. The van der Waals surface area contributed by atoms with Gasteiger partial charge in [0, 0.05) is 19.3 Å². The van der Waals surface area contributed by atoms with Gasteiger partial charge in [0.1, 0.15) is 0 Å². The molecule has 0 aliphatic heterocycles. The molecular formula is C10H12NO5P. The van der Waals surface area contributed by atoms with Crippen molar-refractivity contribution in [1.82, 2.24) is 4.57 Å². The average molecular weight is 257 g/mol. The van der Waals surface area contributed by atoms with Crippen LogP contribution >= 0.6 is 7.82 Å². The molecular weight excluding hydrogens is 245 g/mol. The first-order valence-corrected chi connectivity index (χ1v) is 6.17. The second-order valence-electron chi connectivity index (χ2n) is 3.36. The van der Waals surface area contributed by atoms with E-state index in [1.165, 1.54) is 0 Å². The molecule has 0 unspecified atom stereocenters. The van der Waals surface area contributed by atoms with Crippen molar-refractivity contribution < 1.29 is 19.2 Å². The molecule has 0 saturated carbocycles.